The Hall–Kier alpha value is -0.260. The van der Waals surface area contributed by atoms with E-state index in [0.717, 1.165) is 36.8 Å². The fourth-order valence-electron chi connectivity index (χ4n) is 2.20. The summed E-state index contributed by atoms with van der Waals surface area (Å²) in [6.45, 7) is 0. The normalized spacial score (nSPS) is 15.6. The fourth-order valence-corrected chi connectivity index (χ4v) is 3.85. The first-order chi connectivity index (χ1) is 7.88. The van der Waals surface area contributed by atoms with Gasteiger partial charge in [-0.1, -0.05) is 6.07 Å². The highest BCUT2D eigenvalue weighted by atomic mass is 79.9. The second kappa shape index (κ2) is 4.78. The van der Waals surface area contributed by atoms with E-state index in [0.29, 0.717) is 10.0 Å². The van der Waals surface area contributed by atoms with Crippen molar-refractivity contribution in [1.29, 1.82) is 0 Å². The van der Waals surface area contributed by atoms with Crippen LogP contribution in [0.5, 0.6) is 5.75 Å². The lowest BCUT2D eigenvalue weighted by atomic mass is 9.90. The molecule has 0 fully saturated rings. The van der Waals surface area contributed by atoms with E-state index in [1.54, 1.807) is 6.07 Å². The summed E-state index contributed by atoms with van der Waals surface area (Å²) in [5, 5.41) is 9.95. The zero-order chi connectivity index (χ0) is 12.6. The van der Waals surface area contributed by atoms with Crippen LogP contribution in [0.4, 0.5) is 0 Å². The molecule has 3 nitrogen and oxygen atoms in total. The monoisotopic (exact) mass is 338 g/mol. The summed E-state index contributed by atoms with van der Waals surface area (Å²) < 4.78 is 22.8. The fraction of sp³-hybridized carbons (Fsp3) is 0.455. The average molecular weight is 340 g/mol. The van der Waals surface area contributed by atoms with Gasteiger partial charge in [-0.25, -0.2) is 8.42 Å². The van der Waals surface area contributed by atoms with E-state index in [-0.39, 0.29) is 11.5 Å². The second-order valence-corrected chi connectivity index (χ2v) is 7.80. The number of rotatable bonds is 2. The van der Waals surface area contributed by atoms with Crippen molar-refractivity contribution < 1.29 is 13.5 Å². The van der Waals surface area contributed by atoms with Crippen LogP contribution in [0.2, 0.25) is 0 Å². The summed E-state index contributed by atoms with van der Waals surface area (Å²) in [6, 6.07) is 1.76. The van der Waals surface area contributed by atoms with E-state index in [2.05, 4.69) is 15.9 Å². The molecule has 0 spiro atoms. The molecular formula is C11H12BrClO3S. The van der Waals surface area contributed by atoms with Crippen molar-refractivity contribution in [3.63, 3.8) is 0 Å². The molecule has 0 bridgehead atoms. The standard InChI is InChI=1S/C11H12BrClO3S/c12-10-9-4-2-1-3-7(9)5-8(11(10)14)6-17(13,15)16/h5,14H,1-4,6H2. The summed E-state index contributed by atoms with van der Waals surface area (Å²) in [7, 11) is 1.57. The SMILES string of the molecule is O=S(=O)(Cl)Cc1cc2c(c(Br)c1O)CCCC2. The van der Waals surface area contributed by atoms with Crippen LogP contribution in [0.3, 0.4) is 0 Å². The van der Waals surface area contributed by atoms with Crippen molar-refractivity contribution in [1.82, 2.24) is 0 Å². The lowest BCUT2D eigenvalue weighted by Crippen LogP contribution is -2.06. The highest BCUT2D eigenvalue weighted by molar-refractivity contribution is 9.10. The minimum absolute atomic E-state index is 0.00475. The molecule has 17 heavy (non-hydrogen) atoms. The van der Waals surface area contributed by atoms with Gasteiger partial charge in [-0.3, -0.25) is 0 Å². The molecule has 1 aromatic rings. The van der Waals surface area contributed by atoms with E-state index in [4.69, 9.17) is 10.7 Å². The molecule has 0 amide bonds. The van der Waals surface area contributed by atoms with Crippen molar-refractivity contribution in [3.05, 3.63) is 27.2 Å². The van der Waals surface area contributed by atoms with E-state index in [1.165, 1.54) is 0 Å². The molecule has 0 atom stereocenters. The highest BCUT2D eigenvalue weighted by Gasteiger charge is 2.20. The summed E-state index contributed by atoms with van der Waals surface area (Å²) >= 11 is 3.34. The van der Waals surface area contributed by atoms with Gasteiger partial charge in [0.2, 0.25) is 9.05 Å². The first-order valence-corrected chi connectivity index (χ1v) is 8.60. The number of aryl methyl sites for hydroxylation is 1. The molecule has 0 heterocycles. The summed E-state index contributed by atoms with van der Waals surface area (Å²) in [5.41, 5.74) is 2.56. The van der Waals surface area contributed by atoms with Gasteiger partial charge in [-0.05, 0) is 52.7 Å². The minimum Gasteiger partial charge on any atom is -0.506 e. The van der Waals surface area contributed by atoms with Gasteiger partial charge in [0.05, 0.1) is 10.2 Å². The molecule has 0 saturated heterocycles. The zero-order valence-electron chi connectivity index (χ0n) is 9.04. The molecule has 1 N–H and O–H groups in total. The Morgan fingerprint density at radius 2 is 2.00 bits per heavy atom. The van der Waals surface area contributed by atoms with Crippen LogP contribution in [0, 0.1) is 0 Å². The number of fused-ring (bicyclic) bond motifs is 1. The molecule has 1 aliphatic carbocycles. The average Bonchev–Trinajstić information content (AvgIpc) is 2.24. The van der Waals surface area contributed by atoms with Crippen molar-refractivity contribution in [2.45, 2.75) is 31.4 Å². The van der Waals surface area contributed by atoms with Crippen LogP contribution in [-0.2, 0) is 27.6 Å². The number of aromatic hydroxyl groups is 1. The minimum atomic E-state index is -3.65. The maximum absolute atomic E-state index is 11.1. The number of hydrogen-bond donors (Lipinski definition) is 1. The largest absolute Gasteiger partial charge is 0.506 e. The van der Waals surface area contributed by atoms with Gasteiger partial charge >= 0.3 is 0 Å². The van der Waals surface area contributed by atoms with Gasteiger partial charge < -0.3 is 5.11 Å². The molecule has 0 saturated carbocycles. The van der Waals surface area contributed by atoms with Crippen molar-refractivity contribution in [2.24, 2.45) is 0 Å². The Morgan fingerprint density at radius 3 is 2.65 bits per heavy atom. The van der Waals surface area contributed by atoms with Crippen LogP contribution < -0.4 is 0 Å². The molecule has 6 heteroatoms. The maximum Gasteiger partial charge on any atom is 0.236 e. The van der Waals surface area contributed by atoms with Gasteiger partial charge in [0.15, 0.2) is 0 Å². The summed E-state index contributed by atoms with van der Waals surface area (Å²) in [6.07, 6.45) is 4.02. The Kier molecular flexibility index (Phi) is 3.71. The molecule has 1 aromatic carbocycles. The van der Waals surface area contributed by atoms with Gasteiger partial charge in [0.25, 0.3) is 0 Å². The van der Waals surface area contributed by atoms with E-state index < -0.39 is 9.05 Å². The summed E-state index contributed by atoms with van der Waals surface area (Å²) in [4.78, 5) is 0. The third kappa shape index (κ3) is 2.95. The van der Waals surface area contributed by atoms with Crippen LogP contribution in [-0.4, -0.2) is 13.5 Å². The zero-order valence-corrected chi connectivity index (χ0v) is 12.2. The van der Waals surface area contributed by atoms with Gasteiger partial charge in [-0.15, -0.1) is 0 Å². The lowest BCUT2D eigenvalue weighted by Gasteiger charge is -2.19. The first-order valence-electron chi connectivity index (χ1n) is 5.33. The Bertz CT molecular complexity index is 554. The predicted octanol–water partition coefficient (Wildman–Crippen LogP) is 3.10. The number of phenols is 1. The molecule has 0 radical (unpaired) electrons. The number of benzene rings is 1. The number of halogens is 2. The number of phenolic OH excluding ortho intramolecular Hbond substituents is 1. The lowest BCUT2D eigenvalue weighted by molar-refractivity contribution is 0.464. The summed E-state index contributed by atoms with van der Waals surface area (Å²) in [5.74, 6) is -0.346. The second-order valence-electron chi connectivity index (χ2n) is 4.23. The van der Waals surface area contributed by atoms with Gasteiger partial charge in [0.1, 0.15) is 5.75 Å². The van der Waals surface area contributed by atoms with Crippen LogP contribution in [0.25, 0.3) is 0 Å². The third-order valence-corrected chi connectivity index (χ3v) is 4.80. The Morgan fingerprint density at radius 1 is 1.35 bits per heavy atom. The third-order valence-electron chi connectivity index (χ3n) is 2.96. The van der Waals surface area contributed by atoms with Crippen molar-refractivity contribution in [2.75, 3.05) is 0 Å². The molecular weight excluding hydrogens is 328 g/mol. The predicted molar refractivity (Wildman–Crippen MR) is 70.9 cm³/mol. The van der Waals surface area contributed by atoms with E-state index >= 15 is 0 Å². The quantitative estimate of drug-likeness (QED) is 0.842. The van der Waals surface area contributed by atoms with Crippen LogP contribution in [0.1, 0.15) is 29.5 Å². The van der Waals surface area contributed by atoms with Crippen molar-refractivity contribution >= 4 is 35.7 Å². The Balaban J connectivity index is 2.51. The molecule has 0 aliphatic heterocycles. The van der Waals surface area contributed by atoms with Crippen LogP contribution >= 0.6 is 26.6 Å². The first kappa shape index (κ1) is 13.2. The van der Waals surface area contributed by atoms with Crippen LogP contribution in [0.15, 0.2) is 10.5 Å². The Labute approximate surface area is 113 Å². The highest BCUT2D eigenvalue weighted by Crippen LogP contribution is 2.38. The molecule has 0 aromatic heterocycles. The molecule has 94 valence electrons. The molecule has 2 rings (SSSR count). The number of hydrogen-bond acceptors (Lipinski definition) is 3. The molecule has 0 unspecified atom stereocenters. The topological polar surface area (TPSA) is 54.4 Å². The van der Waals surface area contributed by atoms with Gasteiger partial charge in [-0.2, -0.15) is 0 Å². The van der Waals surface area contributed by atoms with E-state index in [1.807, 2.05) is 0 Å². The van der Waals surface area contributed by atoms with E-state index in [9.17, 15) is 13.5 Å². The van der Waals surface area contributed by atoms with Crippen molar-refractivity contribution in [3.8, 4) is 5.75 Å². The molecule has 1 aliphatic rings. The smallest absolute Gasteiger partial charge is 0.236 e. The maximum atomic E-state index is 11.1. The van der Waals surface area contributed by atoms with Gasteiger partial charge in [0, 0.05) is 16.2 Å².